The largest absolute Gasteiger partial charge is 0.241 e. The van der Waals surface area contributed by atoms with E-state index in [1.807, 2.05) is 36.4 Å². The molecule has 1 aromatic carbocycles. The summed E-state index contributed by atoms with van der Waals surface area (Å²) in [6.07, 6.45) is 6.81. The second-order valence-electron chi connectivity index (χ2n) is 5.28. The highest BCUT2D eigenvalue weighted by molar-refractivity contribution is 9.10. The lowest BCUT2D eigenvalue weighted by Gasteiger charge is -2.08. The number of aromatic nitrogens is 5. The van der Waals surface area contributed by atoms with Crippen LogP contribution >= 0.6 is 15.9 Å². The van der Waals surface area contributed by atoms with E-state index in [9.17, 15) is 0 Å². The molecule has 0 amide bonds. The van der Waals surface area contributed by atoms with Crippen molar-refractivity contribution in [2.45, 2.75) is 0 Å². The van der Waals surface area contributed by atoms with Gasteiger partial charge < -0.3 is 0 Å². The zero-order valence-electron chi connectivity index (χ0n) is 13.0. The molecule has 0 spiro atoms. The maximum atomic E-state index is 4.66. The highest BCUT2D eigenvalue weighted by Crippen LogP contribution is 2.28. The number of hydrogen-bond acceptors (Lipinski definition) is 5. The summed E-state index contributed by atoms with van der Waals surface area (Å²) < 4.78 is 1.03. The van der Waals surface area contributed by atoms with Crippen LogP contribution in [-0.2, 0) is 0 Å². The third-order valence-electron chi connectivity index (χ3n) is 3.59. The predicted octanol–water partition coefficient (Wildman–Crippen LogP) is 4.43. The normalized spacial score (nSPS) is 10.6. The van der Waals surface area contributed by atoms with Crippen molar-refractivity contribution in [1.82, 2.24) is 24.9 Å². The zero-order chi connectivity index (χ0) is 17.1. The van der Waals surface area contributed by atoms with Gasteiger partial charge in [-0.1, -0.05) is 28.1 Å². The maximum absolute atomic E-state index is 4.66. The summed E-state index contributed by atoms with van der Waals surface area (Å²) in [4.78, 5) is 21.9. The first-order valence-electron chi connectivity index (χ1n) is 7.62. The average molecular weight is 390 g/mol. The Bertz CT molecular complexity index is 931. The molecule has 0 unspecified atom stereocenters. The van der Waals surface area contributed by atoms with Crippen LogP contribution in [-0.4, -0.2) is 24.9 Å². The van der Waals surface area contributed by atoms with Crippen molar-refractivity contribution < 1.29 is 0 Å². The van der Waals surface area contributed by atoms with Crippen molar-refractivity contribution in [2.24, 2.45) is 0 Å². The molecule has 0 bridgehead atoms. The van der Waals surface area contributed by atoms with Crippen molar-refractivity contribution in [3.8, 4) is 34.2 Å². The Balaban J connectivity index is 1.90. The molecule has 5 nitrogen and oxygen atoms in total. The van der Waals surface area contributed by atoms with Crippen molar-refractivity contribution in [2.75, 3.05) is 0 Å². The first-order valence-corrected chi connectivity index (χ1v) is 8.42. The molecule has 0 N–H and O–H groups in total. The van der Waals surface area contributed by atoms with Crippen LogP contribution in [0.25, 0.3) is 34.2 Å². The van der Waals surface area contributed by atoms with Crippen LogP contribution in [0.3, 0.4) is 0 Å². The number of pyridine rings is 1. The Hall–Kier alpha value is -2.99. The third-order valence-corrected chi connectivity index (χ3v) is 4.12. The first kappa shape index (κ1) is 15.5. The molecular weight excluding hydrogens is 378 g/mol. The monoisotopic (exact) mass is 389 g/mol. The van der Waals surface area contributed by atoms with Gasteiger partial charge in [0.1, 0.15) is 11.4 Å². The second kappa shape index (κ2) is 6.86. The van der Waals surface area contributed by atoms with E-state index in [2.05, 4.69) is 40.8 Å². The summed E-state index contributed by atoms with van der Waals surface area (Å²) in [6.45, 7) is 0. The Kier molecular flexibility index (Phi) is 4.26. The summed E-state index contributed by atoms with van der Waals surface area (Å²) >= 11 is 3.47. The molecule has 4 aromatic rings. The Morgan fingerprint density at radius 1 is 0.600 bits per heavy atom. The van der Waals surface area contributed by atoms with E-state index in [-0.39, 0.29) is 0 Å². The van der Waals surface area contributed by atoms with Crippen molar-refractivity contribution in [3.05, 3.63) is 77.8 Å². The van der Waals surface area contributed by atoms with Gasteiger partial charge in [0.15, 0.2) is 11.6 Å². The number of halogens is 1. The Morgan fingerprint density at radius 3 is 1.56 bits per heavy atom. The number of rotatable bonds is 3. The molecule has 120 valence electrons. The van der Waals surface area contributed by atoms with E-state index in [4.69, 9.17) is 0 Å². The molecule has 6 heteroatoms. The molecule has 0 saturated carbocycles. The smallest absolute Gasteiger partial charge is 0.178 e. The van der Waals surface area contributed by atoms with E-state index in [0.717, 1.165) is 15.6 Å². The SMILES string of the molecule is Brc1ccc(-c2cc(-c3ncccn3)nc(-c3ncccn3)c2)cc1. The van der Waals surface area contributed by atoms with Gasteiger partial charge in [-0.05, 0) is 47.5 Å². The minimum atomic E-state index is 0.568. The zero-order valence-corrected chi connectivity index (χ0v) is 14.6. The van der Waals surface area contributed by atoms with Crippen LogP contribution in [0.2, 0.25) is 0 Å². The molecule has 0 saturated heterocycles. The first-order chi connectivity index (χ1) is 12.3. The lowest BCUT2D eigenvalue weighted by molar-refractivity contribution is 1.11. The van der Waals surface area contributed by atoms with Gasteiger partial charge in [0.25, 0.3) is 0 Å². The molecule has 0 aliphatic heterocycles. The quantitative estimate of drug-likeness (QED) is 0.518. The molecule has 25 heavy (non-hydrogen) atoms. The molecule has 0 aliphatic rings. The second-order valence-corrected chi connectivity index (χ2v) is 6.19. The molecule has 3 heterocycles. The van der Waals surface area contributed by atoms with Gasteiger partial charge in [0, 0.05) is 29.3 Å². The average Bonchev–Trinajstić information content (AvgIpc) is 2.69. The highest BCUT2D eigenvalue weighted by atomic mass is 79.9. The standard InChI is InChI=1S/C19H12BrN5/c20-15-5-3-13(4-6-15)14-11-16(18-21-7-1-8-22-18)25-17(12-14)19-23-9-2-10-24-19/h1-12H. The van der Waals surface area contributed by atoms with E-state index in [1.165, 1.54) is 0 Å². The highest BCUT2D eigenvalue weighted by Gasteiger charge is 2.11. The lowest BCUT2D eigenvalue weighted by atomic mass is 10.0. The van der Waals surface area contributed by atoms with E-state index < -0.39 is 0 Å². The molecule has 0 atom stereocenters. The summed E-state index contributed by atoms with van der Waals surface area (Å²) in [5.41, 5.74) is 3.44. The van der Waals surface area contributed by atoms with Crippen LogP contribution in [0.15, 0.2) is 77.8 Å². The summed E-state index contributed by atoms with van der Waals surface area (Å²) in [7, 11) is 0. The molecule has 0 aliphatic carbocycles. The number of benzene rings is 1. The van der Waals surface area contributed by atoms with Crippen molar-refractivity contribution in [1.29, 1.82) is 0 Å². The topological polar surface area (TPSA) is 64.5 Å². The van der Waals surface area contributed by atoms with Gasteiger partial charge in [-0.15, -0.1) is 0 Å². The van der Waals surface area contributed by atoms with Gasteiger partial charge >= 0.3 is 0 Å². The summed E-state index contributed by atoms with van der Waals surface area (Å²) in [5, 5.41) is 0. The minimum Gasteiger partial charge on any atom is -0.241 e. The van der Waals surface area contributed by atoms with Crippen molar-refractivity contribution >= 4 is 15.9 Å². The fourth-order valence-corrected chi connectivity index (χ4v) is 2.70. The van der Waals surface area contributed by atoms with E-state index >= 15 is 0 Å². The third kappa shape index (κ3) is 3.44. The Labute approximate surface area is 153 Å². The molecule has 3 aromatic heterocycles. The fourth-order valence-electron chi connectivity index (χ4n) is 2.43. The maximum Gasteiger partial charge on any atom is 0.178 e. The van der Waals surface area contributed by atoms with Crippen LogP contribution in [0.1, 0.15) is 0 Å². The van der Waals surface area contributed by atoms with E-state index in [0.29, 0.717) is 23.0 Å². The van der Waals surface area contributed by atoms with Crippen LogP contribution in [0.5, 0.6) is 0 Å². The van der Waals surface area contributed by atoms with Crippen LogP contribution in [0.4, 0.5) is 0 Å². The number of nitrogens with zero attached hydrogens (tertiary/aromatic N) is 5. The van der Waals surface area contributed by atoms with Crippen LogP contribution < -0.4 is 0 Å². The lowest BCUT2D eigenvalue weighted by Crippen LogP contribution is -1.96. The van der Waals surface area contributed by atoms with Gasteiger partial charge in [-0.2, -0.15) is 0 Å². The minimum absolute atomic E-state index is 0.568. The van der Waals surface area contributed by atoms with Crippen molar-refractivity contribution in [3.63, 3.8) is 0 Å². The summed E-state index contributed by atoms with van der Waals surface area (Å²) in [5.74, 6) is 1.14. The molecule has 4 rings (SSSR count). The van der Waals surface area contributed by atoms with Gasteiger partial charge in [-0.25, -0.2) is 24.9 Å². The summed E-state index contributed by atoms with van der Waals surface area (Å²) in [6, 6.07) is 15.6. The van der Waals surface area contributed by atoms with Crippen LogP contribution in [0, 0.1) is 0 Å². The predicted molar refractivity (Wildman–Crippen MR) is 99.4 cm³/mol. The molecule has 0 fully saturated rings. The van der Waals surface area contributed by atoms with Gasteiger partial charge in [0.05, 0.1) is 0 Å². The fraction of sp³-hybridized carbons (Fsp3) is 0. The molecular formula is C19H12BrN5. The van der Waals surface area contributed by atoms with Gasteiger partial charge in [0.2, 0.25) is 0 Å². The Morgan fingerprint density at radius 2 is 1.08 bits per heavy atom. The van der Waals surface area contributed by atoms with Gasteiger partial charge in [-0.3, -0.25) is 0 Å². The molecule has 0 radical (unpaired) electrons. The van der Waals surface area contributed by atoms with E-state index in [1.54, 1.807) is 36.9 Å². The number of hydrogen-bond donors (Lipinski definition) is 0.